The molecule has 0 fully saturated rings. The highest BCUT2D eigenvalue weighted by Crippen LogP contribution is 2.23. The van der Waals surface area contributed by atoms with Gasteiger partial charge in [-0.3, -0.25) is 4.90 Å². The Labute approximate surface area is 101 Å². The van der Waals surface area contributed by atoms with Gasteiger partial charge in [0.2, 0.25) is 0 Å². The Bertz CT molecular complexity index is 346. The van der Waals surface area contributed by atoms with Gasteiger partial charge in [-0.05, 0) is 38.1 Å². The van der Waals surface area contributed by atoms with Gasteiger partial charge in [0.15, 0.2) is 0 Å². The van der Waals surface area contributed by atoms with E-state index in [4.69, 9.17) is 5.73 Å². The third-order valence-corrected chi connectivity index (χ3v) is 2.92. The normalized spacial score (nSPS) is 13.4. The zero-order valence-corrected chi connectivity index (χ0v) is 10.6. The van der Waals surface area contributed by atoms with E-state index in [1.54, 1.807) is 0 Å². The fourth-order valence-electron chi connectivity index (χ4n) is 2.18. The maximum absolute atomic E-state index is 13.2. The largest absolute Gasteiger partial charge is 0.329 e. The van der Waals surface area contributed by atoms with Crippen molar-refractivity contribution < 1.29 is 8.78 Å². The second-order valence-corrected chi connectivity index (χ2v) is 4.38. The molecule has 0 amide bonds. The molecule has 1 aromatic carbocycles. The third kappa shape index (κ3) is 3.48. The summed E-state index contributed by atoms with van der Waals surface area (Å²) in [6.45, 7) is 7.23. The summed E-state index contributed by atoms with van der Waals surface area (Å²) in [4.78, 5) is 2.12. The minimum absolute atomic E-state index is 0.148. The predicted octanol–water partition coefficient (Wildman–Crippen LogP) is 2.69. The fourth-order valence-corrected chi connectivity index (χ4v) is 2.18. The number of benzene rings is 1. The van der Waals surface area contributed by atoms with Crippen LogP contribution in [0.1, 0.15) is 32.4 Å². The van der Waals surface area contributed by atoms with Gasteiger partial charge in [-0.2, -0.15) is 0 Å². The SMILES string of the molecule is CCN(C(C)C)C(CN)c1cc(F)cc(F)c1. The number of likely N-dealkylation sites (N-methyl/N-ethyl adjacent to an activating group) is 1. The van der Waals surface area contributed by atoms with Crippen LogP contribution in [0.2, 0.25) is 0 Å². The lowest BCUT2D eigenvalue weighted by atomic mass is 10.0. The van der Waals surface area contributed by atoms with Crippen molar-refractivity contribution in [1.82, 2.24) is 4.90 Å². The van der Waals surface area contributed by atoms with Crippen LogP contribution in [-0.2, 0) is 0 Å². The summed E-state index contributed by atoms with van der Waals surface area (Å²) in [6.07, 6.45) is 0. The van der Waals surface area contributed by atoms with Crippen LogP contribution in [0.4, 0.5) is 8.78 Å². The highest BCUT2D eigenvalue weighted by Gasteiger charge is 2.21. The third-order valence-electron chi connectivity index (χ3n) is 2.92. The molecule has 0 heterocycles. The molecule has 96 valence electrons. The van der Waals surface area contributed by atoms with E-state index >= 15 is 0 Å². The van der Waals surface area contributed by atoms with Crippen molar-refractivity contribution in [1.29, 1.82) is 0 Å². The van der Waals surface area contributed by atoms with E-state index in [9.17, 15) is 8.78 Å². The lowest BCUT2D eigenvalue weighted by Gasteiger charge is -2.33. The number of hydrogen-bond donors (Lipinski definition) is 1. The van der Waals surface area contributed by atoms with Crippen molar-refractivity contribution >= 4 is 0 Å². The molecular formula is C13H20F2N2. The van der Waals surface area contributed by atoms with Gasteiger partial charge in [0.1, 0.15) is 11.6 Å². The molecule has 0 aliphatic heterocycles. The zero-order chi connectivity index (χ0) is 13.0. The molecule has 0 radical (unpaired) electrons. The van der Waals surface area contributed by atoms with Gasteiger partial charge < -0.3 is 5.73 Å². The van der Waals surface area contributed by atoms with E-state index in [1.165, 1.54) is 12.1 Å². The highest BCUT2D eigenvalue weighted by atomic mass is 19.1. The van der Waals surface area contributed by atoms with Crippen LogP contribution >= 0.6 is 0 Å². The summed E-state index contributed by atoms with van der Waals surface area (Å²) in [7, 11) is 0. The number of nitrogens with zero attached hydrogens (tertiary/aromatic N) is 1. The van der Waals surface area contributed by atoms with E-state index in [1.807, 2.05) is 20.8 Å². The number of nitrogens with two attached hydrogens (primary N) is 1. The Kier molecular flexibility index (Phi) is 5.02. The van der Waals surface area contributed by atoms with Crippen LogP contribution in [0.3, 0.4) is 0 Å². The van der Waals surface area contributed by atoms with Crippen LogP contribution in [0.15, 0.2) is 18.2 Å². The average Bonchev–Trinajstić information content (AvgIpc) is 2.23. The van der Waals surface area contributed by atoms with Crippen LogP contribution in [0.25, 0.3) is 0 Å². The molecule has 0 spiro atoms. The second kappa shape index (κ2) is 6.07. The molecule has 0 saturated carbocycles. The van der Waals surface area contributed by atoms with Crippen molar-refractivity contribution in [2.75, 3.05) is 13.1 Å². The molecule has 1 rings (SSSR count). The van der Waals surface area contributed by atoms with Gasteiger partial charge in [0, 0.05) is 24.7 Å². The van der Waals surface area contributed by atoms with E-state index < -0.39 is 11.6 Å². The maximum Gasteiger partial charge on any atom is 0.126 e. The molecule has 17 heavy (non-hydrogen) atoms. The van der Waals surface area contributed by atoms with Crippen LogP contribution in [0.5, 0.6) is 0 Å². The Hall–Kier alpha value is -1.00. The average molecular weight is 242 g/mol. The smallest absolute Gasteiger partial charge is 0.126 e. The minimum atomic E-state index is -0.557. The predicted molar refractivity (Wildman–Crippen MR) is 65.7 cm³/mol. The second-order valence-electron chi connectivity index (χ2n) is 4.38. The molecule has 0 bridgehead atoms. The first-order chi connectivity index (χ1) is 7.99. The summed E-state index contributed by atoms with van der Waals surface area (Å²) < 4.78 is 26.4. The van der Waals surface area contributed by atoms with Crippen molar-refractivity contribution in [3.8, 4) is 0 Å². The fraction of sp³-hybridized carbons (Fsp3) is 0.538. The van der Waals surface area contributed by atoms with Gasteiger partial charge >= 0.3 is 0 Å². The molecular weight excluding hydrogens is 222 g/mol. The quantitative estimate of drug-likeness (QED) is 0.860. The molecule has 1 aromatic rings. The molecule has 2 nitrogen and oxygen atoms in total. The molecule has 0 aromatic heterocycles. The Morgan fingerprint density at radius 3 is 2.06 bits per heavy atom. The van der Waals surface area contributed by atoms with E-state index in [-0.39, 0.29) is 12.1 Å². The number of hydrogen-bond acceptors (Lipinski definition) is 2. The molecule has 0 saturated heterocycles. The number of rotatable bonds is 5. The van der Waals surface area contributed by atoms with Gasteiger partial charge in [0.25, 0.3) is 0 Å². The summed E-state index contributed by atoms with van der Waals surface area (Å²) >= 11 is 0. The van der Waals surface area contributed by atoms with Crippen LogP contribution in [0, 0.1) is 11.6 Å². The topological polar surface area (TPSA) is 29.3 Å². The van der Waals surface area contributed by atoms with E-state index in [0.717, 1.165) is 12.6 Å². The summed E-state index contributed by atoms with van der Waals surface area (Å²) in [5, 5.41) is 0. The van der Waals surface area contributed by atoms with Crippen LogP contribution in [-0.4, -0.2) is 24.0 Å². The van der Waals surface area contributed by atoms with Crippen molar-refractivity contribution in [3.63, 3.8) is 0 Å². The molecule has 1 unspecified atom stereocenters. The molecule has 1 atom stereocenters. The van der Waals surface area contributed by atoms with Gasteiger partial charge in [-0.25, -0.2) is 8.78 Å². The van der Waals surface area contributed by atoms with E-state index in [2.05, 4.69) is 4.90 Å². The van der Waals surface area contributed by atoms with Crippen molar-refractivity contribution in [2.45, 2.75) is 32.9 Å². The molecule has 2 N–H and O–H groups in total. The summed E-state index contributed by atoms with van der Waals surface area (Å²) in [6, 6.07) is 3.71. The summed E-state index contributed by atoms with van der Waals surface area (Å²) in [5.41, 5.74) is 6.33. The van der Waals surface area contributed by atoms with Gasteiger partial charge in [-0.1, -0.05) is 6.92 Å². The molecule has 4 heteroatoms. The minimum Gasteiger partial charge on any atom is -0.329 e. The first-order valence-corrected chi connectivity index (χ1v) is 5.91. The highest BCUT2D eigenvalue weighted by molar-refractivity contribution is 5.22. The standard InChI is InChI=1S/C13H20F2N2/c1-4-17(9(2)3)13(8-16)10-5-11(14)7-12(15)6-10/h5-7,9,13H,4,8,16H2,1-3H3. The Balaban J connectivity index is 3.07. The Morgan fingerprint density at radius 1 is 1.18 bits per heavy atom. The summed E-state index contributed by atoms with van der Waals surface area (Å²) in [5.74, 6) is -1.11. The molecule has 0 aliphatic rings. The van der Waals surface area contributed by atoms with Crippen molar-refractivity contribution in [2.24, 2.45) is 5.73 Å². The zero-order valence-electron chi connectivity index (χ0n) is 10.6. The maximum atomic E-state index is 13.2. The monoisotopic (exact) mass is 242 g/mol. The number of halogens is 2. The van der Waals surface area contributed by atoms with Gasteiger partial charge in [-0.15, -0.1) is 0 Å². The first kappa shape index (κ1) is 14.1. The molecule has 0 aliphatic carbocycles. The van der Waals surface area contributed by atoms with E-state index in [0.29, 0.717) is 12.1 Å². The van der Waals surface area contributed by atoms with Gasteiger partial charge in [0.05, 0.1) is 0 Å². The van der Waals surface area contributed by atoms with Crippen LogP contribution < -0.4 is 5.73 Å². The lowest BCUT2D eigenvalue weighted by Crippen LogP contribution is -2.38. The Morgan fingerprint density at radius 2 is 1.71 bits per heavy atom. The van der Waals surface area contributed by atoms with Crippen molar-refractivity contribution in [3.05, 3.63) is 35.4 Å². The lowest BCUT2D eigenvalue weighted by molar-refractivity contribution is 0.166. The first-order valence-electron chi connectivity index (χ1n) is 5.91.